The Kier molecular flexibility index (Phi) is 36.8. The van der Waals surface area contributed by atoms with E-state index in [1.165, 1.54) is 116 Å². The van der Waals surface area contributed by atoms with Gasteiger partial charge in [-0.05, 0) is 38.5 Å². The molecular weight excluding hydrogens is 464 g/mol. The number of hydrogen-bond donors (Lipinski definition) is 2. The normalized spacial score (nSPS) is 13.6. The molecule has 0 spiro atoms. The van der Waals surface area contributed by atoms with Gasteiger partial charge >= 0.3 is 0 Å². The Morgan fingerprint density at radius 3 is 1.08 bits per heavy atom. The quantitative estimate of drug-likeness (QED) is 0.0858. The number of unbranched alkanes of at least 4 members (excludes halogenated alkanes) is 16. The number of allylic oxidation sites excluding steroid dienone is 6. The van der Waals surface area contributed by atoms with E-state index < -0.39 is 0 Å². The molecule has 0 aromatic heterocycles. The van der Waals surface area contributed by atoms with Crippen molar-refractivity contribution < 1.29 is 10.2 Å². The van der Waals surface area contributed by atoms with E-state index in [0.29, 0.717) is 0 Å². The smallest absolute Gasteiger partial charge is 0.0723 e. The highest BCUT2D eigenvalue weighted by molar-refractivity contribution is 5.05. The Hall–Kier alpha value is -1.12. The fourth-order valence-electron chi connectivity index (χ4n) is 4.22. The zero-order valence-corrected chi connectivity index (χ0v) is 26.2. The highest BCUT2D eigenvalue weighted by Crippen LogP contribution is 2.09. The van der Waals surface area contributed by atoms with Crippen molar-refractivity contribution in [2.24, 2.45) is 0 Å². The molecule has 0 saturated carbocycles. The first-order valence-electron chi connectivity index (χ1n) is 16.6. The minimum Gasteiger partial charge on any atom is -0.389 e. The fraction of sp³-hybridized carbons (Fsp3) is 0.778. The average Bonchev–Trinajstić information content (AvgIpc) is 2.91. The van der Waals surface area contributed by atoms with Gasteiger partial charge in [0.2, 0.25) is 0 Å². The van der Waals surface area contributed by atoms with Crippen molar-refractivity contribution in [3.05, 3.63) is 48.6 Å². The van der Waals surface area contributed by atoms with Crippen LogP contribution in [-0.4, -0.2) is 22.4 Å². The van der Waals surface area contributed by atoms with Crippen molar-refractivity contribution in [1.29, 1.82) is 0 Å². The molecule has 0 radical (unpaired) electrons. The second-order valence-corrected chi connectivity index (χ2v) is 10.9. The van der Waals surface area contributed by atoms with Crippen LogP contribution < -0.4 is 0 Å². The van der Waals surface area contributed by atoms with Gasteiger partial charge in [0.15, 0.2) is 0 Å². The lowest BCUT2D eigenvalue weighted by Crippen LogP contribution is -2.00. The molecule has 0 saturated heterocycles. The molecule has 38 heavy (non-hydrogen) atoms. The van der Waals surface area contributed by atoms with Crippen LogP contribution in [0.2, 0.25) is 0 Å². The molecule has 0 aliphatic heterocycles. The lowest BCUT2D eigenvalue weighted by atomic mass is 10.1. The molecule has 2 nitrogen and oxygen atoms in total. The van der Waals surface area contributed by atoms with Crippen LogP contribution in [0.5, 0.6) is 0 Å². The Bertz CT molecular complexity index is 483. The molecule has 0 bridgehead atoms. The molecule has 0 aliphatic rings. The lowest BCUT2D eigenvalue weighted by Gasteiger charge is -2.03. The van der Waals surface area contributed by atoms with Crippen LogP contribution in [0.25, 0.3) is 0 Å². The van der Waals surface area contributed by atoms with Crippen molar-refractivity contribution in [3.63, 3.8) is 0 Å². The second-order valence-electron chi connectivity index (χ2n) is 10.9. The highest BCUT2D eigenvalue weighted by atomic mass is 16.3. The number of aliphatic hydroxyl groups is 2. The summed E-state index contributed by atoms with van der Waals surface area (Å²) in [5.41, 5.74) is 0. The maximum absolute atomic E-state index is 9.68. The van der Waals surface area contributed by atoms with Crippen LogP contribution in [0.4, 0.5) is 0 Å². The van der Waals surface area contributed by atoms with E-state index in [1.807, 2.05) is 24.3 Å². The first-order chi connectivity index (χ1) is 18.6. The fourth-order valence-corrected chi connectivity index (χ4v) is 4.22. The van der Waals surface area contributed by atoms with Crippen molar-refractivity contribution >= 4 is 0 Å². The third kappa shape index (κ3) is 37.0. The molecule has 0 unspecified atom stereocenters. The SMILES string of the molecule is CCCCCCCC/C=C\C=C\[C@@H](O)CCCCC.CCCCCCCC/C=C\C=C\[C@@H](O)CCCCC. The largest absolute Gasteiger partial charge is 0.389 e. The standard InChI is InChI=1S/2C18H34O/c2*1-3-5-7-8-9-10-11-12-13-15-17-18(19)16-14-6-4-2/h2*12-13,15,17-19H,3-11,14,16H2,1-2H3/b2*13-12-,17-15+/t2*18-/m00/s1. The molecule has 0 fully saturated rings. The summed E-state index contributed by atoms with van der Waals surface area (Å²) in [5.74, 6) is 0. The van der Waals surface area contributed by atoms with E-state index in [1.54, 1.807) is 0 Å². The zero-order valence-electron chi connectivity index (χ0n) is 26.2. The average molecular weight is 533 g/mol. The third-order valence-electron chi connectivity index (χ3n) is 6.82. The van der Waals surface area contributed by atoms with Gasteiger partial charge in [-0.3, -0.25) is 0 Å². The van der Waals surface area contributed by atoms with Gasteiger partial charge in [0, 0.05) is 0 Å². The first-order valence-corrected chi connectivity index (χ1v) is 16.6. The van der Waals surface area contributed by atoms with E-state index in [2.05, 4.69) is 52.0 Å². The minimum absolute atomic E-state index is 0.259. The molecule has 2 atom stereocenters. The molecular formula is C36H68O2. The van der Waals surface area contributed by atoms with Crippen molar-refractivity contribution in [2.75, 3.05) is 0 Å². The van der Waals surface area contributed by atoms with Crippen LogP contribution in [0.1, 0.15) is 169 Å². The molecule has 0 heterocycles. The predicted molar refractivity (Wildman–Crippen MR) is 173 cm³/mol. The van der Waals surface area contributed by atoms with Gasteiger partial charge in [-0.15, -0.1) is 0 Å². The molecule has 0 aromatic carbocycles. The van der Waals surface area contributed by atoms with Crippen LogP contribution in [0, 0.1) is 0 Å². The van der Waals surface area contributed by atoms with E-state index in [9.17, 15) is 10.2 Å². The van der Waals surface area contributed by atoms with E-state index >= 15 is 0 Å². The predicted octanol–water partition coefficient (Wildman–Crippen LogP) is 11.6. The third-order valence-corrected chi connectivity index (χ3v) is 6.82. The van der Waals surface area contributed by atoms with Gasteiger partial charge in [0.05, 0.1) is 12.2 Å². The van der Waals surface area contributed by atoms with Gasteiger partial charge in [0.25, 0.3) is 0 Å². The van der Waals surface area contributed by atoms with E-state index in [0.717, 1.165) is 25.7 Å². The van der Waals surface area contributed by atoms with Gasteiger partial charge in [-0.25, -0.2) is 0 Å². The van der Waals surface area contributed by atoms with Crippen LogP contribution in [0.3, 0.4) is 0 Å². The summed E-state index contributed by atoms with van der Waals surface area (Å²) in [7, 11) is 0. The van der Waals surface area contributed by atoms with Crippen molar-refractivity contribution in [3.8, 4) is 0 Å². The summed E-state index contributed by atoms with van der Waals surface area (Å²) in [6.45, 7) is 8.89. The maximum Gasteiger partial charge on any atom is 0.0723 e. The molecule has 0 aromatic rings. The topological polar surface area (TPSA) is 40.5 Å². The van der Waals surface area contributed by atoms with Crippen LogP contribution in [0.15, 0.2) is 48.6 Å². The first kappa shape index (κ1) is 39.0. The lowest BCUT2D eigenvalue weighted by molar-refractivity contribution is 0.208. The van der Waals surface area contributed by atoms with E-state index in [-0.39, 0.29) is 12.2 Å². The summed E-state index contributed by atoms with van der Waals surface area (Å²) in [6, 6.07) is 0. The van der Waals surface area contributed by atoms with Crippen molar-refractivity contribution in [1.82, 2.24) is 0 Å². The van der Waals surface area contributed by atoms with Crippen LogP contribution >= 0.6 is 0 Å². The Labute approximate surface area is 239 Å². The summed E-state index contributed by atoms with van der Waals surface area (Å²) in [6.07, 6.45) is 43.4. The molecule has 2 heteroatoms. The minimum atomic E-state index is -0.259. The number of hydrogen-bond acceptors (Lipinski definition) is 2. The van der Waals surface area contributed by atoms with Gasteiger partial charge in [-0.1, -0.05) is 179 Å². The van der Waals surface area contributed by atoms with E-state index in [4.69, 9.17) is 0 Å². The van der Waals surface area contributed by atoms with Crippen molar-refractivity contribution in [2.45, 2.75) is 181 Å². The molecule has 0 amide bonds. The summed E-state index contributed by atoms with van der Waals surface area (Å²) < 4.78 is 0. The van der Waals surface area contributed by atoms with Gasteiger partial charge in [-0.2, -0.15) is 0 Å². The van der Waals surface area contributed by atoms with Gasteiger partial charge < -0.3 is 10.2 Å². The second kappa shape index (κ2) is 35.9. The molecule has 0 aliphatic carbocycles. The Balaban J connectivity index is 0. The Morgan fingerprint density at radius 1 is 0.395 bits per heavy atom. The zero-order chi connectivity index (χ0) is 28.4. The highest BCUT2D eigenvalue weighted by Gasteiger charge is 1.97. The summed E-state index contributed by atoms with van der Waals surface area (Å²) >= 11 is 0. The van der Waals surface area contributed by atoms with Crippen LogP contribution in [-0.2, 0) is 0 Å². The molecule has 2 N–H and O–H groups in total. The Morgan fingerprint density at radius 2 is 0.711 bits per heavy atom. The summed E-state index contributed by atoms with van der Waals surface area (Å²) in [4.78, 5) is 0. The molecule has 224 valence electrons. The molecule has 0 rings (SSSR count). The number of rotatable bonds is 26. The monoisotopic (exact) mass is 533 g/mol. The number of aliphatic hydroxyl groups excluding tert-OH is 2. The van der Waals surface area contributed by atoms with Gasteiger partial charge in [0.1, 0.15) is 0 Å². The summed E-state index contributed by atoms with van der Waals surface area (Å²) in [5, 5.41) is 19.4. The maximum atomic E-state index is 9.68.